The lowest BCUT2D eigenvalue weighted by Gasteiger charge is -2.30. The van der Waals surface area contributed by atoms with Gasteiger partial charge in [0.15, 0.2) is 5.13 Å². The SMILES string of the molecule is CNC(=O)C1CCN(c2nc3ccc(-c4ccccc4)nc3s2)CC1. The smallest absolute Gasteiger partial charge is 0.222 e. The van der Waals surface area contributed by atoms with Crippen LogP contribution >= 0.6 is 11.3 Å². The van der Waals surface area contributed by atoms with E-state index in [1.54, 1.807) is 18.4 Å². The van der Waals surface area contributed by atoms with E-state index in [2.05, 4.69) is 22.3 Å². The van der Waals surface area contributed by atoms with E-state index >= 15 is 0 Å². The lowest BCUT2D eigenvalue weighted by Crippen LogP contribution is -2.39. The number of piperidine rings is 1. The van der Waals surface area contributed by atoms with Crippen LogP contribution in [-0.4, -0.2) is 36.0 Å². The molecule has 0 saturated carbocycles. The van der Waals surface area contributed by atoms with E-state index in [1.807, 2.05) is 30.3 Å². The molecule has 5 nitrogen and oxygen atoms in total. The van der Waals surface area contributed by atoms with Gasteiger partial charge in [-0.05, 0) is 25.0 Å². The molecule has 2 aromatic heterocycles. The predicted molar refractivity (Wildman–Crippen MR) is 102 cm³/mol. The van der Waals surface area contributed by atoms with Gasteiger partial charge in [-0.1, -0.05) is 41.7 Å². The molecule has 1 aliphatic rings. The number of fused-ring (bicyclic) bond motifs is 1. The number of anilines is 1. The molecule has 1 amide bonds. The molecule has 4 rings (SSSR count). The first-order valence-electron chi connectivity index (χ1n) is 8.54. The summed E-state index contributed by atoms with van der Waals surface area (Å²) in [6, 6.07) is 14.3. The molecule has 1 N–H and O–H groups in total. The quantitative estimate of drug-likeness (QED) is 0.786. The third-order valence-corrected chi connectivity index (χ3v) is 5.72. The van der Waals surface area contributed by atoms with E-state index in [-0.39, 0.29) is 11.8 Å². The van der Waals surface area contributed by atoms with Crippen LogP contribution in [0.25, 0.3) is 21.6 Å². The summed E-state index contributed by atoms with van der Waals surface area (Å²) in [5.41, 5.74) is 3.03. The normalized spacial score (nSPS) is 15.5. The second-order valence-electron chi connectivity index (χ2n) is 6.26. The van der Waals surface area contributed by atoms with Gasteiger partial charge in [-0.15, -0.1) is 0 Å². The standard InChI is InChI=1S/C19H20N4OS/c1-20-17(24)14-9-11-23(12-10-14)19-22-16-8-7-15(21-18(16)25-19)13-5-3-2-4-6-13/h2-8,14H,9-12H2,1H3,(H,20,24). The fraction of sp³-hybridized carbons (Fsp3) is 0.316. The summed E-state index contributed by atoms with van der Waals surface area (Å²) in [5, 5.41) is 3.75. The van der Waals surface area contributed by atoms with Gasteiger partial charge in [0.1, 0.15) is 10.3 Å². The Morgan fingerprint density at radius 1 is 1.12 bits per heavy atom. The Balaban J connectivity index is 1.55. The number of aromatic nitrogens is 2. The van der Waals surface area contributed by atoms with Crippen LogP contribution in [0, 0.1) is 5.92 Å². The van der Waals surface area contributed by atoms with Crippen molar-refractivity contribution in [3.05, 3.63) is 42.5 Å². The van der Waals surface area contributed by atoms with E-state index < -0.39 is 0 Å². The fourth-order valence-electron chi connectivity index (χ4n) is 3.25. The molecule has 0 radical (unpaired) electrons. The van der Waals surface area contributed by atoms with Crippen LogP contribution in [0.1, 0.15) is 12.8 Å². The Kier molecular flexibility index (Phi) is 4.36. The van der Waals surface area contributed by atoms with Gasteiger partial charge in [0.2, 0.25) is 5.91 Å². The van der Waals surface area contributed by atoms with Crippen molar-refractivity contribution >= 4 is 32.7 Å². The molecule has 1 saturated heterocycles. The summed E-state index contributed by atoms with van der Waals surface area (Å²) in [6.45, 7) is 1.73. The molecule has 0 bridgehead atoms. The van der Waals surface area contributed by atoms with E-state index in [0.717, 1.165) is 52.7 Å². The summed E-state index contributed by atoms with van der Waals surface area (Å²) >= 11 is 1.63. The molecule has 0 unspecified atom stereocenters. The highest BCUT2D eigenvalue weighted by atomic mass is 32.1. The first kappa shape index (κ1) is 16.0. The minimum absolute atomic E-state index is 0.124. The zero-order valence-electron chi connectivity index (χ0n) is 14.1. The molecule has 1 aromatic carbocycles. The van der Waals surface area contributed by atoms with Crippen LogP contribution in [0.4, 0.5) is 5.13 Å². The molecule has 1 aliphatic heterocycles. The number of nitrogens with one attached hydrogen (secondary N) is 1. The monoisotopic (exact) mass is 352 g/mol. The summed E-state index contributed by atoms with van der Waals surface area (Å²) in [6.07, 6.45) is 1.75. The van der Waals surface area contributed by atoms with Gasteiger partial charge in [0, 0.05) is 31.6 Å². The Morgan fingerprint density at radius 3 is 2.60 bits per heavy atom. The number of rotatable bonds is 3. The molecular formula is C19H20N4OS. The van der Waals surface area contributed by atoms with E-state index in [0.29, 0.717) is 0 Å². The van der Waals surface area contributed by atoms with Crippen molar-refractivity contribution in [3.63, 3.8) is 0 Å². The summed E-state index contributed by atoms with van der Waals surface area (Å²) in [4.78, 5) is 24.5. The Bertz CT molecular complexity index is 885. The number of benzene rings is 1. The molecule has 6 heteroatoms. The molecule has 0 atom stereocenters. The number of thiazole rings is 1. The number of carbonyl (C=O) groups is 1. The average molecular weight is 352 g/mol. The number of amides is 1. The zero-order valence-corrected chi connectivity index (χ0v) is 14.9. The van der Waals surface area contributed by atoms with Crippen molar-refractivity contribution in [2.24, 2.45) is 5.92 Å². The predicted octanol–water partition coefficient (Wildman–Crippen LogP) is 3.32. The van der Waals surface area contributed by atoms with Crippen molar-refractivity contribution in [3.8, 4) is 11.3 Å². The maximum atomic E-state index is 11.8. The molecule has 128 valence electrons. The fourth-order valence-corrected chi connectivity index (χ4v) is 4.24. The van der Waals surface area contributed by atoms with Crippen molar-refractivity contribution in [1.82, 2.24) is 15.3 Å². The largest absolute Gasteiger partial charge is 0.359 e. The number of pyridine rings is 1. The third-order valence-electron chi connectivity index (χ3n) is 4.70. The van der Waals surface area contributed by atoms with Crippen molar-refractivity contribution in [2.45, 2.75) is 12.8 Å². The highest BCUT2D eigenvalue weighted by molar-refractivity contribution is 7.21. The lowest BCUT2D eigenvalue weighted by atomic mass is 9.96. The minimum Gasteiger partial charge on any atom is -0.359 e. The Labute approximate surface area is 150 Å². The van der Waals surface area contributed by atoms with Crippen LogP contribution in [0.15, 0.2) is 42.5 Å². The van der Waals surface area contributed by atoms with Gasteiger partial charge in [-0.25, -0.2) is 9.97 Å². The number of hydrogen-bond acceptors (Lipinski definition) is 5. The molecular weight excluding hydrogens is 332 g/mol. The van der Waals surface area contributed by atoms with Gasteiger partial charge in [0.25, 0.3) is 0 Å². The van der Waals surface area contributed by atoms with Crippen LogP contribution in [-0.2, 0) is 4.79 Å². The van der Waals surface area contributed by atoms with Gasteiger partial charge >= 0.3 is 0 Å². The molecule has 25 heavy (non-hydrogen) atoms. The van der Waals surface area contributed by atoms with Crippen molar-refractivity contribution < 1.29 is 4.79 Å². The molecule has 1 fully saturated rings. The van der Waals surface area contributed by atoms with Crippen LogP contribution in [0.3, 0.4) is 0 Å². The lowest BCUT2D eigenvalue weighted by molar-refractivity contribution is -0.125. The third kappa shape index (κ3) is 3.22. The summed E-state index contributed by atoms with van der Waals surface area (Å²) in [7, 11) is 1.71. The zero-order chi connectivity index (χ0) is 17.2. The van der Waals surface area contributed by atoms with Gasteiger partial charge in [0.05, 0.1) is 5.69 Å². The number of nitrogens with zero attached hydrogens (tertiary/aromatic N) is 3. The van der Waals surface area contributed by atoms with Crippen molar-refractivity contribution in [1.29, 1.82) is 0 Å². The molecule has 0 aliphatic carbocycles. The van der Waals surface area contributed by atoms with Gasteiger partial charge in [-0.2, -0.15) is 0 Å². The molecule has 3 heterocycles. The van der Waals surface area contributed by atoms with Gasteiger partial charge < -0.3 is 10.2 Å². The maximum Gasteiger partial charge on any atom is 0.222 e. The second-order valence-corrected chi connectivity index (χ2v) is 7.21. The van der Waals surface area contributed by atoms with E-state index in [1.165, 1.54) is 0 Å². The topological polar surface area (TPSA) is 58.1 Å². The van der Waals surface area contributed by atoms with Crippen molar-refractivity contribution in [2.75, 3.05) is 25.0 Å². The highest BCUT2D eigenvalue weighted by Gasteiger charge is 2.25. The minimum atomic E-state index is 0.124. The second kappa shape index (κ2) is 6.80. The summed E-state index contributed by atoms with van der Waals surface area (Å²) in [5.74, 6) is 0.275. The number of carbonyl (C=O) groups excluding carboxylic acids is 1. The number of hydrogen-bond donors (Lipinski definition) is 1. The first-order chi connectivity index (χ1) is 12.2. The highest BCUT2D eigenvalue weighted by Crippen LogP contribution is 2.32. The molecule has 0 spiro atoms. The van der Waals surface area contributed by atoms with Crippen LogP contribution in [0.5, 0.6) is 0 Å². The molecule has 3 aromatic rings. The van der Waals surface area contributed by atoms with E-state index in [4.69, 9.17) is 9.97 Å². The average Bonchev–Trinajstić information content (AvgIpc) is 3.11. The Morgan fingerprint density at radius 2 is 1.88 bits per heavy atom. The first-order valence-corrected chi connectivity index (χ1v) is 9.36. The Hall–Kier alpha value is -2.47. The summed E-state index contributed by atoms with van der Waals surface area (Å²) < 4.78 is 0. The maximum absolute atomic E-state index is 11.8. The van der Waals surface area contributed by atoms with E-state index in [9.17, 15) is 4.79 Å². The van der Waals surface area contributed by atoms with Gasteiger partial charge in [-0.3, -0.25) is 4.79 Å². The van der Waals surface area contributed by atoms with Crippen LogP contribution < -0.4 is 10.2 Å². The van der Waals surface area contributed by atoms with Crippen LogP contribution in [0.2, 0.25) is 0 Å².